The van der Waals surface area contributed by atoms with Crippen molar-refractivity contribution in [2.75, 3.05) is 7.05 Å². The first kappa shape index (κ1) is 13.5. The molecule has 0 fully saturated rings. The van der Waals surface area contributed by atoms with Crippen molar-refractivity contribution in [2.24, 2.45) is 0 Å². The number of hydrogen-bond donors (Lipinski definition) is 1. The molecular formula is C14H12N4O2. The maximum atomic E-state index is 11.6. The van der Waals surface area contributed by atoms with Gasteiger partial charge in [-0.2, -0.15) is 10.4 Å². The fourth-order valence-electron chi connectivity index (χ4n) is 1.80. The van der Waals surface area contributed by atoms with E-state index in [2.05, 4.69) is 10.4 Å². The molecule has 6 nitrogen and oxygen atoms in total. The molecule has 0 spiro atoms. The van der Waals surface area contributed by atoms with Gasteiger partial charge in [0.15, 0.2) is 11.5 Å². The van der Waals surface area contributed by atoms with E-state index in [0.717, 1.165) is 0 Å². The minimum absolute atomic E-state index is 0.138. The Bertz CT molecular complexity index is 725. The number of nitriles is 1. The smallest absolute Gasteiger partial charge is 0.271 e. The van der Waals surface area contributed by atoms with E-state index in [1.165, 1.54) is 18.7 Å². The molecule has 0 saturated heterocycles. The average Bonchev–Trinajstić information content (AvgIpc) is 2.95. The lowest BCUT2D eigenvalue weighted by atomic mass is 10.1. The van der Waals surface area contributed by atoms with Crippen LogP contribution < -0.4 is 5.32 Å². The van der Waals surface area contributed by atoms with E-state index in [1.807, 2.05) is 6.07 Å². The van der Waals surface area contributed by atoms with E-state index < -0.39 is 0 Å². The van der Waals surface area contributed by atoms with E-state index in [-0.39, 0.29) is 17.4 Å². The second-order valence-electron chi connectivity index (χ2n) is 4.12. The Morgan fingerprint density at radius 1 is 1.35 bits per heavy atom. The van der Waals surface area contributed by atoms with Gasteiger partial charge in [-0.1, -0.05) is 0 Å². The molecule has 0 unspecified atom stereocenters. The lowest BCUT2D eigenvalue weighted by Crippen LogP contribution is -2.18. The van der Waals surface area contributed by atoms with Gasteiger partial charge in [-0.25, -0.2) is 4.68 Å². The van der Waals surface area contributed by atoms with Crippen LogP contribution in [0.25, 0.3) is 5.69 Å². The molecule has 0 saturated carbocycles. The quantitative estimate of drug-likeness (QED) is 0.850. The molecule has 1 amide bonds. The summed E-state index contributed by atoms with van der Waals surface area (Å²) in [6, 6.07) is 8.28. The van der Waals surface area contributed by atoms with Gasteiger partial charge in [-0.15, -0.1) is 0 Å². The predicted molar refractivity (Wildman–Crippen MR) is 71.7 cm³/mol. The van der Waals surface area contributed by atoms with Crippen LogP contribution in [0.4, 0.5) is 0 Å². The highest BCUT2D eigenvalue weighted by Crippen LogP contribution is 2.17. The van der Waals surface area contributed by atoms with Crippen LogP contribution in [0.5, 0.6) is 0 Å². The number of aromatic nitrogens is 2. The summed E-state index contributed by atoms with van der Waals surface area (Å²) < 4.78 is 1.42. The van der Waals surface area contributed by atoms with Gasteiger partial charge in [0.05, 0.1) is 17.3 Å². The first-order chi connectivity index (χ1) is 9.56. The zero-order chi connectivity index (χ0) is 14.7. The number of carbonyl (C=O) groups excluding carboxylic acids is 2. The van der Waals surface area contributed by atoms with Crippen molar-refractivity contribution >= 4 is 11.7 Å². The van der Waals surface area contributed by atoms with Gasteiger partial charge in [-0.3, -0.25) is 9.59 Å². The van der Waals surface area contributed by atoms with Crippen LogP contribution in [0.2, 0.25) is 0 Å². The second kappa shape index (κ2) is 5.36. The zero-order valence-electron chi connectivity index (χ0n) is 11.0. The predicted octanol–water partition coefficient (Wildman–Crippen LogP) is 1.31. The number of amides is 1. The molecular weight excluding hydrogens is 256 g/mol. The van der Waals surface area contributed by atoms with Crippen LogP contribution >= 0.6 is 0 Å². The summed E-state index contributed by atoms with van der Waals surface area (Å²) in [4.78, 5) is 23.1. The lowest BCUT2D eigenvalue weighted by molar-refractivity contribution is 0.0957. The minimum atomic E-state index is -0.315. The standard InChI is InChI=1S/C14H12N4O2/c1-9(19)11-4-3-10(8-15)7-13(11)18-6-5-12(17-18)14(20)16-2/h3-7H,1-2H3,(H,16,20). The van der Waals surface area contributed by atoms with E-state index in [0.29, 0.717) is 16.8 Å². The summed E-state index contributed by atoms with van der Waals surface area (Å²) in [5.74, 6) is -0.453. The maximum absolute atomic E-state index is 11.6. The minimum Gasteiger partial charge on any atom is -0.354 e. The molecule has 2 rings (SSSR count). The van der Waals surface area contributed by atoms with Crippen molar-refractivity contribution in [3.05, 3.63) is 47.3 Å². The molecule has 6 heteroatoms. The van der Waals surface area contributed by atoms with Crippen LogP contribution in [0.1, 0.15) is 33.3 Å². The second-order valence-corrected chi connectivity index (χ2v) is 4.12. The van der Waals surface area contributed by atoms with Gasteiger partial charge in [0.25, 0.3) is 5.91 Å². The molecule has 1 aromatic heterocycles. The number of benzene rings is 1. The molecule has 1 heterocycles. The first-order valence-electron chi connectivity index (χ1n) is 5.90. The summed E-state index contributed by atoms with van der Waals surface area (Å²) >= 11 is 0. The van der Waals surface area contributed by atoms with Crippen molar-refractivity contribution in [3.8, 4) is 11.8 Å². The van der Waals surface area contributed by atoms with Crippen molar-refractivity contribution in [2.45, 2.75) is 6.92 Å². The maximum Gasteiger partial charge on any atom is 0.271 e. The number of nitrogens with one attached hydrogen (secondary N) is 1. The zero-order valence-corrected chi connectivity index (χ0v) is 11.0. The average molecular weight is 268 g/mol. The van der Waals surface area contributed by atoms with Crippen LogP contribution in [0.15, 0.2) is 30.5 Å². The number of rotatable bonds is 3. The van der Waals surface area contributed by atoms with Crippen LogP contribution in [0, 0.1) is 11.3 Å². The van der Waals surface area contributed by atoms with Crippen LogP contribution in [-0.2, 0) is 0 Å². The monoisotopic (exact) mass is 268 g/mol. The van der Waals surface area contributed by atoms with Gasteiger partial charge < -0.3 is 5.32 Å². The molecule has 1 N–H and O–H groups in total. The van der Waals surface area contributed by atoms with Gasteiger partial charge in [0.2, 0.25) is 0 Å². The van der Waals surface area contributed by atoms with Gasteiger partial charge in [0.1, 0.15) is 0 Å². The van der Waals surface area contributed by atoms with Crippen molar-refractivity contribution in [3.63, 3.8) is 0 Å². The number of hydrogen-bond acceptors (Lipinski definition) is 4. The molecule has 0 aliphatic heterocycles. The Balaban J connectivity index is 2.56. The third-order valence-electron chi connectivity index (χ3n) is 2.80. The SMILES string of the molecule is CNC(=O)c1ccn(-c2cc(C#N)ccc2C(C)=O)n1. The van der Waals surface area contributed by atoms with Crippen molar-refractivity contribution < 1.29 is 9.59 Å². The van der Waals surface area contributed by atoms with E-state index in [1.54, 1.807) is 30.5 Å². The van der Waals surface area contributed by atoms with Gasteiger partial charge in [0, 0.05) is 18.8 Å². The Kier molecular flexibility index (Phi) is 3.62. The third-order valence-corrected chi connectivity index (χ3v) is 2.80. The largest absolute Gasteiger partial charge is 0.354 e. The van der Waals surface area contributed by atoms with Gasteiger partial charge >= 0.3 is 0 Å². The molecule has 0 aliphatic carbocycles. The highest BCUT2D eigenvalue weighted by atomic mass is 16.1. The fourth-order valence-corrected chi connectivity index (χ4v) is 1.80. The Labute approximate surface area is 115 Å². The van der Waals surface area contributed by atoms with Crippen LogP contribution in [0.3, 0.4) is 0 Å². The summed E-state index contributed by atoms with van der Waals surface area (Å²) in [5.41, 5.74) is 1.58. The Morgan fingerprint density at radius 3 is 2.70 bits per heavy atom. The van der Waals surface area contributed by atoms with E-state index in [4.69, 9.17) is 5.26 Å². The highest BCUT2D eigenvalue weighted by molar-refractivity contribution is 5.98. The topological polar surface area (TPSA) is 87.8 Å². The number of Topliss-reactive ketones (excluding diaryl/α,β-unsaturated/α-hetero) is 1. The first-order valence-corrected chi connectivity index (χ1v) is 5.90. The Hall–Kier alpha value is -2.94. The molecule has 1 aromatic carbocycles. The summed E-state index contributed by atoms with van der Waals surface area (Å²) in [6.07, 6.45) is 1.58. The molecule has 100 valence electrons. The van der Waals surface area contributed by atoms with Gasteiger partial charge in [-0.05, 0) is 31.2 Å². The van der Waals surface area contributed by atoms with Crippen molar-refractivity contribution in [1.29, 1.82) is 5.26 Å². The fraction of sp³-hybridized carbons (Fsp3) is 0.143. The highest BCUT2D eigenvalue weighted by Gasteiger charge is 2.13. The van der Waals surface area contributed by atoms with E-state index >= 15 is 0 Å². The summed E-state index contributed by atoms with van der Waals surface area (Å²) in [6.45, 7) is 1.44. The number of ketones is 1. The molecule has 0 atom stereocenters. The van der Waals surface area contributed by atoms with Crippen LogP contribution in [-0.4, -0.2) is 28.5 Å². The molecule has 2 aromatic rings. The Morgan fingerprint density at radius 2 is 2.10 bits per heavy atom. The van der Waals surface area contributed by atoms with E-state index in [9.17, 15) is 9.59 Å². The molecule has 0 aliphatic rings. The normalized spacial score (nSPS) is 9.85. The number of carbonyl (C=O) groups is 2. The molecule has 0 radical (unpaired) electrons. The van der Waals surface area contributed by atoms with Crippen molar-refractivity contribution in [1.82, 2.24) is 15.1 Å². The molecule has 0 bridgehead atoms. The summed E-state index contributed by atoms with van der Waals surface area (Å²) in [7, 11) is 1.51. The summed E-state index contributed by atoms with van der Waals surface area (Å²) in [5, 5.41) is 15.5. The number of nitrogens with zero attached hydrogens (tertiary/aromatic N) is 3. The lowest BCUT2D eigenvalue weighted by Gasteiger charge is -2.07. The molecule has 20 heavy (non-hydrogen) atoms. The third kappa shape index (κ3) is 2.42.